The van der Waals surface area contributed by atoms with Crippen molar-refractivity contribution < 1.29 is 0 Å². The van der Waals surface area contributed by atoms with Crippen LogP contribution in [0.15, 0.2) is 11.1 Å². The summed E-state index contributed by atoms with van der Waals surface area (Å²) in [5, 5.41) is 0. The maximum atomic E-state index is 12.5. The number of hydrogen-bond donors (Lipinski definition) is 1. The minimum atomic E-state index is -0.0356. The van der Waals surface area contributed by atoms with Gasteiger partial charge in [0.15, 0.2) is 5.65 Å². The topological polar surface area (TPSA) is 55.6 Å². The minimum Gasteiger partial charge on any atom is -0.341 e. The Hall–Kier alpha value is -0.430. The van der Waals surface area contributed by atoms with Gasteiger partial charge >= 0.3 is 5.69 Å². The second-order valence-electron chi connectivity index (χ2n) is 4.70. The Morgan fingerprint density at radius 3 is 2.40 bits per heavy atom. The van der Waals surface area contributed by atoms with Gasteiger partial charge in [-0.1, -0.05) is 38.9 Å². The first-order valence-electron chi connectivity index (χ1n) is 6.87. The van der Waals surface area contributed by atoms with Crippen molar-refractivity contribution in [2.45, 2.75) is 52.6 Å². The van der Waals surface area contributed by atoms with Gasteiger partial charge in [0, 0.05) is 42.6 Å². The third-order valence-electron chi connectivity index (χ3n) is 3.27. The van der Waals surface area contributed by atoms with E-state index in [1.165, 1.54) is 0 Å². The number of aromatic amines is 1. The summed E-state index contributed by atoms with van der Waals surface area (Å²) in [5.41, 5.74) is 1.43. The van der Waals surface area contributed by atoms with Crippen molar-refractivity contribution in [3.63, 3.8) is 0 Å². The maximum Gasteiger partial charge on any atom is 0.330 e. The van der Waals surface area contributed by atoms with Gasteiger partial charge in [0.05, 0.1) is 6.33 Å². The molecular weight excluding hydrogens is 283 g/mol. The number of unbranched alkanes of at least 4 members (excludes halogenated alkanes) is 2. The monoisotopic (exact) mass is 303 g/mol. The van der Waals surface area contributed by atoms with Crippen LogP contribution in [0.5, 0.6) is 0 Å². The van der Waals surface area contributed by atoms with Crippen LogP contribution < -0.4 is 5.69 Å². The molecule has 5 nitrogen and oxygen atoms in total. The first-order chi connectivity index (χ1) is 9.20. The SMILES string of the molecule is CCCCn1c(=S)c2[nH]cnc2n(CCCC)c1=O.[Na]. The summed E-state index contributed by atoms with van der Waals surface area (Å²) < 4.78 is 3.99. The van der Waals surface area contributed by atoms with Crippen molar-refractivity contribution in [1.82, 2.24) is 19.1 Å². The smallest absolute Gasteiger partial charge is 0.330 e. The Kier molecular flexibility index (Phi) is 7.15. The van der Waals surface area contributed by atoms with E-state index in [0.717, 1.165) is 31.2 Å². The van der Waals surface area contributed by atoms with Gasteiger partial charge in [-0.25, -0.2) is 9.78 Å². The molecule has 0 saturated heterocycles. The fraction of sp³-hybridized carbons (Fsp3) is 0.615. The molecule has 0 spiro atoms. The number of imidazole rings is 1. The van der Waals surface area contributed by atoms with Crippen molar-refractivity contribution in [3.8, 4) is 0 Å². The predicted octanol–water partition coefficient (Wildman–Crippen LogP) is 2.47. The zero-order valence-electron chi connectivity index (χ0n) is 12.5. The summed E-state index contributed by atoms with van der Waals surface area (Å²) in [6.45, 7) is 5.58. The zero-order chi connectivity index (χ0) is 13.8. The summed E-state index contributed by atoms with van der Waals surface area (Å²) in [7, 11) is 0. The molecule has 2 aromatic heterocycles. The minimum absolute atomic E-state index is 0. The molecule has 1 N–H and O–H groups in total. The van der Waals surface area contributed by atoms with E-state index in [9.17, 15) is 4.79 Å². The molecule has 2 aromatic rings. The number of hydrogen-bond acceptors (Lipinski definition) is 3. The molecule has 0 aliphatic carbocycles. The van der Waals surface area contributed by atoms with E-state index in [-0.39, 0.29) is 35.2 Å². The van der Waals surface area contributed by atoms with E-state index in [0.29, 0.717) is 23.4 Å². The van der Waals surface area contributed by atoms with Crippen LogP contribution in [0.4, 0.5) is 0 Å². The largest absolute Gasteiger partial charge is 0.341 e. The molecular formula is C13H20N4NaOS. The van der Waals surface area contributed by atoms with Crippen molar-refractivity contribution >= 4 is 52.9 Å². The Morgan fingerprint density at radius 1 is 1.20 bits per heavy atom. The zero-order valence-corrected chi connectivity index (χ0v) is 15.3. The molecule has 105 valence electrons. The van der Waals surface area contributed by atoms with E-state index in [4.69, 9.17) is 12.2 Å². The Morgan fingerprint density at radius 2 is 1.80 bits per heavy atom. The average Bonchev–Trinajstić information content (AvgIpc) is 2.88. The molecule has 1 radical (unpaired) electrons. The standard InChI is InChI=1S/C13H20N4OS.Na/c1-3-5-7-16-11-10(14-9-15-11)12(19)17(13(16)18)8-6-4-2;/h9H,3-8H2,1-2H3,(H,14,15);. The molecule has 0 unspecified atom stereocenters. The van der Waals surface area contributed by atoms with Crippen LogP contribution in [0.2, 0.25) is 0 Å². The van der Waals surface area contributed by atoms with Gasteiger partial charge in [0.1, 0.15) is 10.2 Å². The van der Waals surface area contributed by atoms with E-state index >= 15 is 0 Å². The number of aromatic nitrogens is 4. The van der Waals surface area contributed by atoms with E-state index in [1.807, 2.05) is 0 Å². The normalized spacial score (nSPS) is 10.7. The molecule has 0 aliphatic rings. The van der Waals surface area contributed by atoms with Gasteiger partial charge < -0.3 is 4.98 Å². The molecule has 2 heterocycles. The maximum absolute atomic E-state index is 12.5. The van der Waals surface area contributed by atoms with Gasteiger partial charge in [-0.2, -0.15) is 0 Å². The first-order valence-corrected chi connectivity index (χ1v) is 7.28. The van der Waals surface area contributed by atoms with Crippen molar-refractivity contribution in [2.75, 3.05) is 0 Å². The summed E-state index contributed by atoms with van der Waals surface area (Å²) in [6.07, 6.45) is 5.61. The number of H-pyrrole nitrogens is 1. The van der Waals surface area contributed by atoms with E-state index < -0.39 is 0 Å². The fourth-order valence-electron chi connectivity index (χ4n) is 2.14. The quantitative estimate of drug-likeness (QED) is 0.659. The van der Waals surface area contributed by atoms with Crippen LogP contribution in [-0.2, 0) is 13.1 Å². The second kappa shape index (κ2) is 8.12. The predicted molar refractivity (Wildman–Crippen MR) is 84.7 cm³/mol. The Labute approximate surface area is 145 Å². The van der Waals surface area contributed by atoms with Crippen molar-refractivity contribution in [3.05, 3.63) is 21.5 Å². The summed E-state index contributed by atoms with van der Waals surface area (Å²) in [6, 6.07) is 0. The van der Waals surface area contributed by atoms with Crippen molar-refractivity contribution in [2.24, 2.45) is 0 Å². The van der Waals surface area contributed by atoms with Crippen molar-refractivity contribution in [1.29, 1.82) is 0 Å². The number of nitrogens with zero attached hydrogens (tertiary/aromatic N) is 3. The number of rotatable bonds is 6. The van der Waals surface area contributed by atoms with E-state index in [1.54, 1.807) is 15.5 Å². The summed E-state index contributed by atoms with van der Waals surface area (Å²) >= 11 is 5.40. The van der Waals surface area contributed by atoms with Gasteiger partial charge in [-0.05, 0) is 12.8 Å². The van der Waals surface area contributed by atoms with Crippen LogP contribution in [-0.4, -0.2) is 48.7 Å². The van der Waals surface area contributed by atoms with Crippen LogP contribution in [0.25, 0.3) is 11.2 Å². The third-order valence-corrected chi connectivity index (χ3v) is 3.69. The number of nitrogens with one attached hydrogen (secondary N) is 1. The third kappa shape index (κ3) is 3.42. The van der Waals surface area contributed by atoms with Crippen LogP contribution >= 0.6 is 12.2 Å². The molecule has 0 saturated carbocycles. The number of fused-ring (bicyclic) bond motifs is 1. The summed E-state index contributed by atoms with van der Waals surface area (Å²) in [5.74, 6) is 0. The molecule has 0 amide bonds. The average molecular weight is 303 g/mol. The Bertz CT molecular complexity index is 673. The molecule has 0 atom stereocenters. The van der Waals surface area contributed by atoms with Gasteiger partial charge in [-0.15, -0.1) is 0 Å². The van der Waals surface area contributed by atoms with E-state index in [2.05, 4.69) is 23.8 Å². The molecule has 2 rings (SSSR count). The first kappa shape index (κ1) is 17.6. The molecule has 0 fully saturated rings. The number of aryl methyl sites for hydroxylation is 1. The summed E-state index contributed by atoms with van der Waals surface area (Å²) in [4.78, 5) is 19.8. The van der Waals surface area contributed by atoms with Crippen LogP contribution in [0.3, 0.4) is 0 Å². The van der Waals surface area contributed by atoms with Crippen LogP contribution in [0, 0.1) is 4.64 Å². The molecule has 7 heteroatoms. The molecule has 0 aliphatic heterocycles. The van der Waals surface area contributed by atoms with Crippen LogP contribution in [0.1, 0.15) is 39.5 Å². The fourth-order valence-corrected chi connectivity index (χ4v) is 2.46. The Balaban J connectivity index is 0.00000200. The van der Waals surface area contributed by atoms with Gasteiger partial charge in [-0.3, -0.25) is 9.13 Å². The van der Waals surface area contributed by atoms with Gasteiger partial charge in [0.2, 0.25) is 0 Å². The molecule has 20 heavy (non-hydrogen) atoms. The molecule has 0 aromatic carbocycles. The second-order valence-corrected chi connectivity index (χ2v) is 5.09. The van der Waals surface area contributed by atoms with Gasteiger partial charge in [0.25, 0.3) is 0 Å². The molecule has 0 bridgehead atoms.